The molecule has 3 aromatic carbocycles. The molecule has 124 valence electrons. The number of fused-ring (bicyclic) bond motifs is 4. The third kappa shape index (κ3) is 2.22. The highest BCUT2D eigenvalue weighted by molar-refractivity contribution is 6.11. The van der Waals surface area contributed by atoms with E-state index in [-0.39, 0.29) is 5.56 Å². The van der Waals surface area contributed by atoms with Gasteiger partial charge in [0, 0.05) is 17.8 Å². The van der Waals surface area contributed by atoms with Crippen LogP contribution in [0.1, 0.15) is 10.4 Å². The monoisotopic (exact) mass is 333 g/mol. The van der Waals surface area contributed by atoms with Gasteiger partial charge >= 0.3 is 5.97 Å². The molecule has 0 spiro atoms. The van der Waals surface area contributed by atoms with Crippen LogP contribution in [0.5, 0.6) is 5.75 Å². The minimum absolute atomic E-state index is 0.120. The maximum absolute atomic E-state index is 11.8. The second-order valence-corrected chi connectivity index (χ2v) is 5.62. The summed E-state index contributed by atoms with van der Waals surface area (Å²) in [5, 5.41) is 14.3. The van der Waals surface area contributed by atoms with E-state index in [2.05, 4.69) is 15.3 Å². The van der Waals surface area contributed by atoms with Gasteiger partial charge < -0.3 is 15.2 Å². The van der Waals surface area contributed by atoms with Crippen LogP contribution in [0.3, 0.4) is 0 Å². The minimum Gasteiger partial charge on any atom is -0.496 e. The van der Waals surface area contributed by atoms with Gasteiger partial charge in [0.2, 0.25) is 0 Å². The van der Waals surface area contributed by atoms with Gasteiger partial charge in [0.1, 0.15) is 16.8 Å². The molecule has 0 amide bonds. The van der Waals surface area contributed by atoms with Gasteiger partial charge in [0.15, 0.2) is 0 Å². The molecule has 0 aliphatic carbocycles. The first kappa shape index (κ1) is 15.1. The zero-order chi connectivity index (χ0) is 17.6. The highest BCUT2D eigenvalue weighted by Gasteiger charge is 2.17. The van der Waals surface area contributed by atoms with E-state index >= 15 is 0 Å². The summed E-state index contributed by atoms with van der Waals surface area (Å²) < 4.78 is 5.41. The van der Waals surface area contributed by atoms with Crippen LogP contribution < -0.4 is 10.1 Å². The molecule has 0 fully saturated rings. The normalized spacial score (nSPS) is 11.1. The van der Waals surface area contributed by atoms with E-state index in [1.54, 1.807) is 26.3 Å². The van der Waals surface area contributed by atoms with Crippen molar-refractivity contribution in [3.8, 4) is 5.75 Å². The molecule has 4 rings (SSSR count). The quantitative estimate of drug-likeness (QED) is 0.439. The summed E-state index contributed by atoms with van der Waals surface area (Å²) >= 11 is 0. The van der Waals surface area contributed by atoms with Crippen molar-refractivity contribution in [2.75, 3.05) is 19.5 Å². The maximum atomic E-state index is 11.8. The third-order valence-corrected chi connectivity index (χ3v) is 4.30. The molecule has 2 N–H and O–H groups in total. The number of carboxylic acid groups (broad SMARTS) is 1. The Bertz CT molecular complexity index is 1160. The fourth-order valence-corrected chi connectivity index (χ4v) is 3.14. The maximum Gasteiger partial charge on any atom is 0.340 e. The summed E-state index contributed by atoms with van der Waals surface area (Å²) in [6.45, 7) is 0. The largest absolute Gasteiger partial charge is 0.496 e. The molecule has 6 nitrogen and oxygen atoms in total. The molecule has 0 saturated heterocycles. The van der Waals surface area contributed by atoms with Crippen LogP contribution >= 0.6 is 0 Å². The van der Waals surface area contributed by atoms with E-state index in [0.29, 0.717) is 27.8 Å². The van der Waals surface area contributed by atoms with Crippen molar-refractivity contribution in [3.05, 3.63) is 48.0 Å². The van der Waals surface area contributed by atoms with Crippen LogP contribution in [0.25, 0.3) is 32.8 Å². The molecule has 0 atom stereocenters. The Hall–Kier alpha value is -3.41. The van der Waals surface area contributed by atoms with Crippen molar-refractivity contribution in [1.29, 1.82) is 0 Å². The van der Waals surface area contributed by atoms with E-state index in [1.165, 1.54) is 0 Å². The average Bonchev–Trinajstić information content (AvgIpc) is 2.64. The smallest absolute Gasteiger partial charge is 0.340 e. The number of carbonyl (C=O) groups is 1. The minimum atomic E-state index is -1.04. The first-order valence-corrected chi connectivity index (χ1v) is 7.75. The number of methoxy groups -OCH3 is 1. The summed E-state index contributed by atoms with van der Waals surface area (Å²) in [5.41, 5.74) is 2.90. The lowest BCUT2D eigenvalue weighted by Crippen LogP contribution is -2.05. The van der Waals surface area contributed by atoms with Gasteiger partial charge in [0.25, 0.3) is 0 Å². The van der Waals surface area contributed by atoms with Gasteiger partial charge in [-0.1, -0.05) is 12.1 Å². The lowest BCUT2D eigenvalue weighted by molar-refractivity contribution is 0.0700. The Morgan fingerprint density at radius 1 is 1.00 bits per heavy atom. The molecule has 0 unspecified atom stereocenters. The predicted octanol–water partition coefficient (Wildman–Crippen LogP) is 3.68. The molecule has 0 aliphatic rings. The molecule has 4 aromatic rings. The summed E-state index contributed by atoms with van der Waals surface area (Å²) in [6.07, 6.45) is 0. The van der Waals surface area contributed by atoms with Crippen LogP contribution in [0.15, 0.2) is 42.5 Å². The summed E-state index contributed by atoms with van der Waals surface area (Å²) in [5.74, 6) is -0.301. The molecule has 0 radical (unpaired) electrons. The van der Waals surface area contributed by atoms with Gasteiger partial charge in [-0.25, -0.2) is 14.8 Å². The number of nitrogens with zero attached hydrogens (tertiary/aromatic N) is 2. The zero-order valence-corrected chi connectivity index (χ0v) is 13.7. The Morgan fingerprint density at radius 3 is 2.48 bits per heavy atom. The number of aromatic nitrogens is 2. The molecule has 25 heavy (non-hydrogen) atoms. The van der Waals surface area contributed by atoms with Crippen LogP contribution in [0.4, 0.5) is 5.69 Å². The molecule has 6 heteroatoms. The Morgan fingerprint density at radius 2 is 1.76 bits per heavy atom. The highest BCUT2D eigenvalue weighted by atomic mass is 16.5. The van der Waals surface area contributed by atoms with Gasteiger partial charge in [0.05, 0.1) is 29.3 Å². The van der Waals surface area contributed by atoms with Gasteiger partial charge in [-0.3, -0.25) is 0 Å². The summed E-state index contributed by atoms with van der Waals surface area (Å²) in [6, 6.07) is 13.0. The number of ether oxygens (including phenoxy) is 1. The lowest BCUT2D eigenvalue weighted by Gasteiger charge is -2.11. The van der Waals surface area contributed by atoms with Crippen molar-refractivity contribution in [3.63, 3.8) is 0 Å². The predicted molar refractivity (Wildman–Crippen MR) is 97.6 cm³/mol. The Balaban J connectivity index is 2.19. The SMILES string of the molecule is CNc1ccc2nc3ccc4c(OC)cccc4c3nc2c1C(=O)O. The summed E-state index contributed by atoms with van der Waals surface area (Å²) in [7, 11) is 3.30. The van der Waals surface area contributed by atoms with E-state index in [4.69, 9.17) is 4.74 Å². The van der Waals surface area contributed by atoms with Crippen molar-refractivity contribution in [2.45, 2.75) is 0 Å². The summed E-state index contributed by atoms with van der Waals surface area (Å²) in [4.78, 5) is 21.0. The zero-order valence-electron chi connectivity index (χ0n) is 13.7. The topological polar surface area (TPSA) is 84.3 Å². The standard InChI is InChI=1S/C19H15N3O3/c1-20-12-8-9-14-18(16(12)19(23)24)22-17-11-4-3-5-15(25-2)10(11)6-7-13(17)21-14/h3-9,20H,1-2H3,(H,23,24). The van der Waals surface area contributed by atoms with Gasteiger partial charge in [-0.15, -0.1) is 0 Å². The number of nitrogens with one attached hydrogen (secondary N) is 1. The average molecular weight is 333 g/mol. The Kier molecular flexibility index (Phi) is 3.39. The first-order chi connectivity index (χ1) is 12.1. The number of hydrogen-bond donors (Lipinski definition) is 2. The number of aromatic carboxylic acids is 1. The van der Waals surface area contributed by atoms with E-state index < -0.39 is 5.97 Å². The number of anilines is 1. The number of carboxylic acids is 1. The van der Waals surface area contributed by atoms with E-state index in [0.717, 1.165) is 16.5 Å². The lowest BCUT2D eigenvalue weighted by atomic mass is 10.1. The molecular weight excluding hydrogens is 318 g/mol. The van der Waals surface area contributed by atoms with Crippen LogP contribution in [0, 0.1) is 0 Å². The molecule has 0 bridgehead atoms. The molecule has 0 aliphatic heterocycles. The first-order valence-electron chi connectivity index (χ1n) is 7.75. The van der Waals surface area contributed by atoms with E-state index in [1.807, 2.05) is 30.3 Å². The van der Waals surface area contributed by atoms with Crippen molar-refractivity contribution in [1.82, 2.24) is 9.97 Å². The third-order valence-electron chi connectivity index (χ3n) is 4.30. The Labute approximate surface area is 143 Å². The highest BCUT2D eigenvalue weighted by Crippen LogP contribution is 2.32. The fraction of sp³-hybridized carbons (Fsp3) is 0.105. The molecule has 1 heterocycles. The van der Waals surface area contributed by atoms with E-state index in [9.17, 15) is 9.90 Å². The van der Waals surface area contributed by atoms with Crippen LogP contribution in [0.2, 0.25) is 0 Å². The van der Waals surface area contributed by atoms with Crippen molar-refractivity contribution >= 4 is 44.5 Å². The second-order valence-electron chi connectivity index (χ2n) is 5.62. The number of hydrogen-bond acceptors (Lipinski definition) is 5. The van der Waals surface area contributed by atoms with Crippen LogP contribution in [-0.2, 0) is 0 Å². The number of rotatable bonds is 3. The van der Waals surface area contributed by atoms with Crippen molar-refractivity contribution in [2.24, 2.45) is 0 Å². The van der Waals surface area contributed by atoms with Crippen LogP contribution in [-0.4, -0.2) is 35.2 Å². The fourth-order valence-electron chi connectivity index (χ4n) is 3.14. The van der Waals surface area contributed by atoms with Gasteiger partial charge in [-0.05, 0) is 30.3 Å². The molecule has 0 saturated carbocycles. The van der Waals surface area contributed by atoms with Gasteiger partial charge in [-0.2, -0.15) is 0 Å². The molecule has 1 aromatic heterocycles. The second kappa shape index (κ2) is 5.59. The number of benzene rings is 3. The molecular formula is C19H15N3O3. The van der Waals surface area contributed by atoms with Crippen molar-refractivity contribution < 1.29 is 14.6 Å².